The summed E-state index contributed by atoms with van der Waals surface area (Å²) in [5.41, 5.74) is 2.31. The van der Waals surface area contributed by atoms with Gasteiger partial charge in [-0.2, -0.15) is 8.42 Å². The van der Waals surface area contributed by atoms with Crippen LogP contribution in [0.4, 0.5) is 0 Å². The van der Waals surface area contributed by atoms with Crippen molar-refractivity contribution in [1.82, 2.24) is 0 Å². The van der Waals surface area contributed by atoms with Crippen LogP contribution in [-0.4, -0.2) is 30.0 Å². The molecule has 28 heavy (non-hydrogen) atoms. The van der Waals surface area contributed by atoms with Gasteiger partial charge < -0.3 is 14.9 Å². The fourth-order valence-corrected chi connectivity index (χ4v) is 3.10. The second-order valence-corrected chi connectivity index (χ2v) is 6.70. The average molecular weight is 396 g/mol. The van der Waals surface area contributed by atoms with E-state index in [4.69, 9.17) is 9.84 Å². The number of carboxylic acids is 1. The molecule has 0 saturated carbocycles. The van der Waals surface area contributed by atoms with Crippen molar-refractivity contribution in [1.29, 1.82) is 0 Å². The topological polar surface area (TPSA) is 101 Å². The molecule has 0 bridgehead atoms. The standard InChI is InChI=1S/C21H16O6S/c22-19-12-17(10-11-18(19)21(23)24)27-20(13-28(25)26)16-8-6-15(7-9-16)14-4-2-1-3-5-14/h1-13,20,22H,(H,23,24). The summed E-state index contributed by atoms with van der Waals surface area (Å²) < 4.78 is 28.1. The minimum absolute atomic E-state index is 0.140. The largest absolute Gasteiger partial charge is 0.507 e. The molecule has 1 atom stereocenters. The van der Waals surface area contributed by atoms with E-state index in [1.165, 1.54) is 12.1 Å². The van der Waals surface area contributed by atoms with Crippen LogP contribution in [0, 0.1) is 0 Å². The van der Waals surface area contributed by atoms with Crippen LogP contribution in [0.2, 0.25) is 0 Å². The molecule has 0 heterocycles. The maximum Gasteiger partial charge on any atom is 0.339 e. The van der Waals surface area contributed by atoms with Gasteiger partial charge in [0.2, 0.25) is 10.3 Å². The minimum Gasteiger partial charge on any atom is -0.507 e. The number of aromatic carboxylic acids is 1. The number of rotatable bonds is 6. The van der Waals surface area contributed by atoms with Crippen LogP contribution in [0.25, 0.3) is 11.1 Å². The van der Waals surface area contributed by atoms with Gasteiger partial charge in [-0.1, -0.05) is 54.6 Å². The van der Waals surface area contributed by atoms with Crippen molar-refractivity contribution in [2.45, 2.75) is 6.10 Å². The molecular formula is C21H16O6S. The van der Waals surface area contributed by atoms with Gasteiger partial charge in [-0.3, -0.25) is 0 Å². The van der Waals surface area contributed by atoms with Gasteiger partial charge >= 0.3 is 5.97 Å². The van der Waals surface area contributed by atoms with Crippen LogP contribution in [0.15, 0.2) is 72.8 Å². The van der Waals surface area contributed by atoms with Gasteiger partial charge in [0, 0.05) is 6.07 Å². The number of benzene rings is 3. The molecule has 3 aromatic carbocycles. The van der Waals surface area contributed by atoms with Crippen molar-refractivity contribution in [2.75, 3.05) is 0 Å². The summed E-state index contributed by atoms with van der Waals surface area (Å²) in [4.78, 5) is 11.0. The third-order valence-corrected chi connectivity index (χ3v) is 4.51. The van der Waals surface area contributed by atoms with Crippen LogP contribution in [-0.2, 0) is 10.3 Å². The Morgan fingerprint density at radius 3 is 2.14 bits per heavy atom. The molecule has 2 N–H and O–H groups in total. The zero-order valence-electron chi connectivity index (χ0n) is 14.5. The van der Waals surface area contributed by atoms with E-state index in [2.05, 4.69) is 0 Å². The monoisotopic (exact) mass is 396 g/mol. The highest BCUT2D eigenvalue weighted by Gasteiger charge is 2.15. The predicted octanol–water partition coefficient (Wildman–Crippen LogP) is 3.56. The summed E-state index contributed by atoms with van der Waals surface area (Å²) in [5.74, 6) is -1.60. The highest BCUT2D eigenvalue weighted by Crippen LogP contribution is 2.28. The fraction of sp³-hybridized carbons (Fsp3) is 0.0476. The SMILES string of the molecule is O=C(O)c1ccc(OC(C=S(=O)=O)c2ccc(-c3ccccc3)cc2)cc1O. The van der Waals surface area contributed by atoms with Gasteiger partial charge in [-0.25, -0.2) is 4.79 Å². The Morgan fingerprint density at radius 2 is 1.57 bits per heavy atom. The van der Waals surface area contributed by atoms with E-state index >= 15 is 0 Å². The lowest BCUT2D eigenvalue weighted by Gasteiger charge is -2.16. The summed E-state index contributed by atoms with van der Waals surface area (Å²) in [5, 5.41) is 19.7. The molecule has 0 spiro atoms. The van der Waals surface area contributed by atoms with Gasteiger partial charge in [-0.05, 0) is 28.8 Å². The average Bonchev–Trinajstić information content (AvgIpc) is 2.68. The summed E-state index contributed by atoms with van der Waals surface area (Å²) in [7, 11) is -2.48. The first kappa shape index (κ1) is 19.2. The minimum atomic E-state index is -2.48. The molecule has 0 radical (unpaired) electrons. The maximum absolute atomic E-state index is 11.2. The number of carboxylic acid groups (broad SMARTS) is 1. The quantitative estimate of drug-likeness (QED) is 0.618. The second kappa shape index (κ2) is 8.41. The molecule has 0 aromatic heterocycles. The van der Waals surface area contributed by atoms with E-state index in [9.17, 15) is 18.3 Å². The maximum atomic E-state index is 11.2. The van der Waals surface area contributed by atoms with E-state index in [0.717, 1.165) is 22.6 Å². The molecule has 0 amide bonds. The molecule has 3 rings (SSSR count). The number of aromatic hydroxyl groups is 1. The van der Waals surface area contributed by atoms with Crippen molar-refractivity contribution in [2.24, 2.45) is 0 Å². The lowest BCUT2D eigenvalue weighted by molar-refractivity contribution is 0.0693. The molecule has 0 fully saturated rings. The van der Waals surface area contributed by atoms with Crippen molar-refractivity contribution >= 4 is 21.6 Å². The molecular weight excluding hydrogens is 380 g/mol. The van der Waals surface area contributed by atoms with Crippen LogP contribution >= 0.6 is 0 Å². The lowest BCUT2D eigenvalue weighted by Crippen LogP contribution is -2.10. The number of phenols is 1. The molecule has 142 valence electrons. The van der Waals surface area contributed by atoms with E-state index in [1.54, 1.807) is 12.1 Å². The van der Waals surface area contributed by atoms with Crippen molar-refractivity contribution in [3.05, 3.63) is 83.9 Å². The van der Waals surface area contributed by atoms with Gasteiger partial charge in [0.1, 0.15) is 17.1 Å². The smallest absolute Gasteiger partial charge is 0.339 e. The van der Waals surface area contributed by atoms with Crippen LogP contribution in [0.1, 0.15) is 22.0 Å². The van der Waals surface area contributed by atoms with Crippen LogP contribution in [0.5, 0.6) is 11.5 Å². The van der Waals surface area contributed by atoms with Gasteiger partial charge in [-0.15, -0.1) is 0 Å². The Morgan fingerprint density at radius 1 is 0.929 bits per heavy atom. The molecule has 1 unspecified atom stereocenters. The summed E-state index contributed by atoms with van der Waals surface area (Å²) in [6.07, 6.45) is -0.932. The molecule has 0 aliphatic heterocycles. The molecule has 3 aromatic rings. The summed E-state index contributed by atoms with van der Waals surface area (Å²) in [6.45, 7) is 0. The predicted molar refractivity (Wildman–Crippen MR) is 105 cm³/mol. The zero-order chi connectivity index (χ0) is 20.1. The number of ether oxygens (including phenoxy) is 1. The van der Waals surface area contributed by atoms with Crippen LogP contribution in [0.3, 0.4) is 0 Å². The van der Waals surface area contributed by atoms with Crippen molar-refractivity contribution in [3.8, 4) is 22.6 Å². The first-order valence-corrected chi connectivity index (χ1v) is 9.39. The summed E-state index contributed by atoms with van der Waals surface area (Å²) >= 11 is 0. The normalized spacial score (nSPS) is 11.4. The Bertz CT molecular complexity index is 1110. The molecule has 0 aliphatic rings. The Balaban J connectivity index is 1.90. The van der Waals surface area contributed by atoms with E-state index < -0.39 is 28.1 Å². The number of hydrogen-bond donors (Lipinski definition) is 2. The highest BCUT2D eigenvalue weighted by molar-refractivity contribution is 7.71. The molecule has 7 heteroatoms. The number of hydrogen-bond acceptors (Lipinski definition) is 5. The highest BCUT2D eigenvalue weighted by atomic mass is 32.2. The van der Waals surface area contributed by atoms with Gasteiger partial charge in [0.25, 0.3) is 0 Å². The Kier molecular flexibility index (Phi) is 5.76. The van der Waals surface area contributed by atoms with E-state index in [-0.39, 0.29) is 11.3 Å². The molecule has 0 saturated heterocycles. The number of carbonyl (C=O) groups is 1. The lowest BCUT2D eigenvalue weighted by atomic mass is 10.0. The van der Waals surface area contributed by atoms with Crippen molar-refractivity contribution in [3.63, 3.8) is 0 Å². The zero-order valence-corrected chi connectivity index (χ0v) is 15.3. The third kappa shape index (κ3) is 4.57. The van der Waals surface area contributed by atoms with E-state index in [1.807, 2.05) is 42.5 Å². The van der Waals surface area contributed by atoms with E-state index in [0.29, 0.717) is 5.56 Å². The van der Waals surface area contributed by atoms with Crippen LogP contribution < -0.4 is 4.74 Å². The van der Waals surface area contributed by atoms with Crippen molar-refractivity contribution < 1.29 is 28.2 Å². The van der Waals surface area contributed by atoms with Gasteiger partial charge in [0.05, 0.1) is 5.37 Å². The first-order chi connectivity index (χ1) is 13.4. The summed E-state index contributed by atoms with van der Waals surface area (Å²) in [6, 6.07) is 20.6. The Labute approximate surface area is 162 Å². The fourth-order valence-electron chi connectivity index (χ4n) is 2.68. The first-order valence-electron chi connectivity index (χ1n) is 8.25. The molecule has 6 nitrogen and oxygen atoms in total. The molecule has 0 aliphatic carbocycles. The second-order valence-electron chi connectivity index (χ2n) is 5.91. The third-order valence-electron chi connectivity index (χ3n) is 4.04. The van der Waals surface area contributed by atoms with Gasteiger partial charge in [0.15, 0.2) is 6.10 Å². The Hall–Kier alpha value is -3.58.